The Morgan fingerprint density at radius 2 is 1.64 bits per heavy atom. The maximum atomic E-state index is 13.1. The summed E-state index contributed by atoms with van der Waals surface area (Å²) in [5.41, 5.74) is 0.686. The zero-order valence-corrected chi connectivity index (χ0v) is 16.4. The van der Waals surface area contributed by atoms with E-state index in [-0.39, 0.29) is 24.1 Å². The summed E-state index contributed by atoms with van der Waals surface area (Å²) in [4.78, 5) is 38.7. The molecule has 0 saturated carbocycles. The van der Waals surface area contributed by atoms with Crippen molar-refractivity contribution in [3.8, 4) is 0 Å². The largest absolute Gasteiger partial charge is 0.348 e. The van der Waals surface area contributed by atoms with Crippen molar-refractivity contribution in [1.82, 2.24) is 14.5 Å². The van der Waals surface area contributed by atoms with E-state index in [0.717, 1.165) is 5.56 Å². The van der Waals surface area contributed by atoms with Crippen molar-refractivity contribution < 1.29 is 4.79 Å². The van der Waals surface area contributed by atoms with Crippen molar-refractivity contribution in [2.24, 2.45) is 0 Å². The van der Waals surface area contributed by atoms with Crippen LogP contribution in [-0.2, 0) is 11.3 Å². The van der Waals surface area contributed by atoms with Gasteiger partial charge in [0.15, 0.2) is 0 Å². The van der Waals surface area contributed by atoms with Gasteiger partial charge in [-0.15, -0.1) is 0 Å². The lowest BCUT2D eigenvalue weighted by molar-refractivity contribution is -0.125. The molecule has 0 fully saturated rings. The summed E-state index contributed by atoms with van der Waals surface area (Å²) in [6.07, 6.45) is 0.430. The van der Waals surface area contributed by atoms with E-state index in [9.17, 15) is 14.4 Å². The second-order valence-electron chi connectivity index (χ2n) is 6.78. The predicted molar refractivity (Wildman–Crippen MR) is 110 cm³/mol. The summed E-state index contributed by atoms with van der Waals surface area (Å²) < 4.78 is 2.63. The van der Waals surface area contributed by atoms with Gasteiger partial charge in [-0.25, -0.2) is 4.79 Å². The third kappa shape index (κ3) is 3.50. The molecule has 0 saturated heterocycles. The Balaban J connectivity index is 2.07. The quantitative estimate of drug-likeness (QED) is 0.715. The molecule has 1 heterocycles. The fourth-order valence-corrected chi connectivity index (χ4v) is 3.53. The van der Waals surface area contributed by atoms with Gasteiger partial charge in [0, 0.05) is 6.54 Å². The molecule has 0 unspecified atom stereocenters. The first-order valence-electron chi connectivity index (χ1n) is 9.59. The first-order valence-corrected chi connectivity index (χ1v) is 9.59. The fraction of sp³-hybridized carbons (Fsp3) is 0.318. The fourth-order valence-electron chi connectivity index (χ4n) is 3.53. The minimum absolute atomic E-state index is 0.193. The highest BCUT2D eigenvalue weighted by Crippen LogP contribution is 2.19. The number of aromatic nitrogens is 2. The number of nitrogens with zero attached hydrogens (tertiary/aromatic N) is 2. The molecule has 1 N–H and O–H groups in total. The molecule has 146 valence electrons. The molecular weight excluding hydrogens is 354 g/mol. The molecule has 0 aliphatic carbocycles. The summed E-state index contributed by atoms with van der Waals surface area (Å²) in [5, 5.41) is 3.44. The zero-order valence-electron chi connectivity index (χ0n) is 16.4. The van der Waals surface area contributed by atoms with E-state index in [0.29, 0.717) is 17.3 Å². The van der Waals surface area contributed by atoms with Crippen LogP contribution < -0.4 is 16.6 Å². The lowest BCUT2D eigenvalue weighted by Gasteiger charge is -2.23. The van der Waals surface area contributed by atoms with Crippen LogP contribution >= 0.6 is 0 Å². The van der Waals surface area contributed by atoms with Gasteiger partial charge in [-0.1, -0.05) is 49.4 Å². The summed E-state index contributed by atoms with van der Waals surface area (Å²) in [7, 11) is 0. The molecule has 6 nitrogen and oxygen atoms in total. The molecule has 6 heteroatoms. The first kappa shape index (κ1) is 19.6. The van der Waals surface area contributed by atoms with Crippen LogP contribution in [0, 0.1) is 0 Å². The van der Waals surface area contributed by atoms with Crippen molar-refractivity contribution >= 4 is 16.8 Å². The van der Waals surface area contributed by atoms with Gasteiger partial charge in [-0.2, -0.15) is 0 Å². The molecule has 1 aromatic heterocycles. The van der Waals surface area contributed by atoms with E-state index in [1.807, 2.05) is 44.2 Å². The molecule has 3 aromatic rings. The normalized spacial score (nSPS) is 13.2. The van der Waals surface area contributed by atoms with Gasteiger partial charge in [-0.3, -0.25) is 18.7 Å². The number of hydrogen-bond acceptors (Lipinski definition) is 3. The van der Waals surface area contributed by atoms with E-state index < -0.39 is 11.7 Å². The van der Waals surface area contributed by atoms with Crippen LogP contribution in [-0.4, -0.2) is 15.0 Å². The Morgan fingerprint density at radius 3 is 2.29 bits per heavy atom. The summed E-state index contributed by atoms with van der Waals surface area (Å²) in [6, 6.07) is 15.7. The van der Waals surface area contributed by atoms with Gasteiger partial charge in [0.1, 0.15) is 6.04 Å². The van der Waals surface area contributed by atoms with Crippen LogP contribution in [0.2, 0.25) is 0 Å². The van der Waals surface area contributed by atoms with Gasteiger partial charge < -0.3 is 5.32 Å². The maximum absolute atomic E-state index is 13.1. The van der Waals surface area contributed by atoms with Crippen LogP contribution in [0.5, 0.6) is 0 Å². The molecule has 2 atom stereocenters. The summed E-state index contributed by atoms with van der Waals surface area (Å²) >= 11 is 0. The molecule has 1 amide bonds. The number of benzene rings is 2. The molecule has 0 bridgehead atoms. The van der Waals surface area contributed by atoms with Gasteiger partial charge in [0.2, 0.25) is 5.91 Å². The highest BCUT2D eigenvalue weighted by atomic mass is 16.2. The Bertz CT molecular complexity index is 1100. The number of carbonyl (C=O) groups is 1. The van der Waals surface area contributed by atoms with Gasteiger partial charge >= 0.3 is 5.69 Å². The number of amides is 1. The van der Waals surface area contributed by atoms with Crippen molar-refractivity contribution in [3.05, 3.63) is 81.0 Å². The van der Waals surface area contributed by atoms with Crippen molar-refractivity contribution in [2.75, 3.05) is 0 Å². The Hall–Kier alpha value is -3.15. The Labute approximate surface area is 163 Å². The minimum atomic E-state index is -0.707. The van der Waals surface area contributed by atoms with Gasteiger partial charge in [-0.05, 0) is 38.0 Å². The molecule has 28 heavy (non-hydrogen) atoms. The molecule has 3 rings (SSSR count). The second-order valence-corrected chi connectivity index (χ2v) is 6.78. The van der Waals surface area contributed by atoms with E-state index in [1.54, 1.807) is 31.2 Å². The van der Waals surface area contributed by atoms with Crippen molar-refractivity contribution in [1.29, 1.82) is 0 Å². The topological polar surface area (TPSA) is 73.1 Å². The number of rotatable bonds is 6. The van der Waals surface area contributed by atoms with E-state index >= 15 is 0 Å². The number of para-hydroxylation sites is 1. The molecular formula is C22H25N3O3. The third-order valence-corrected chi connectivity index (χ3v) is 5.05. The van der Waals surface area contributed by atoms with Crippen LogP contribution in [0.25, 0.3) is 10.9 Å². The molecule has 0 aliphatic rings. The Kier molecular flexibility index (Phi) is 5.78. The molecule has 0 radical (unpaired) electrons. The minimum Gasteiger partial charge on any atom is -0.348 e. The number of carbonyl (C=O) groups excluding carboxylic acids is 1. The highest BCUT2D eigenvalue weighted by molar-refractivity contribution is 5.84. The van der Waals surface area contributed by atoms with Crippen LogP contribution in [0.4, 0.5) is 0 Å². The zero-order chi connectivity index (χ0) is 20.3. The predicted octanol–water partition coefficient (Wildman–Crippen LogP) is 3.01. The SMILES string of the molecule is CC[C@H](C(=O)N[C@@H](C)c1ccccc1)n1c(=O)n(CC)c(=O)c2ccccc21. The van der Waals surface area contributed by atoms with Crippen LogP contribution in [0.3, 0.4) is 0 Å². The smallest absolute Gasteiger partial charge is 0.332 e. The Morgan fingerprint density at radius 1 is 1.00 bits per heavy atom. The third-order valence-electron chi connectivity index (χ3n) is 5.05. The standard InChI is InChI=1S/C22H25N3O3/c1-4-18(20(26)23-15(3)16-11-7-6-8-12-16)25-19-14-10-9-13-17(19)21(27)24(5-2)22(25)28/h6-15,18H,4-5H2,1-3H3,(H,23,26)/t15-,18+/m0/s1. The molecule has 0 aliphatic heterocycles. The average Bonchev–Trinajstić information content (AvgIpc) is 2.72. The monoisotopic (exact) mass is 379 g/mol. The van der Waals surface area contributed by atoms with E-state index in [4.69, 9.17) is 0 Å². The molecule has 2 aromatic carbocycles. The second kappa shape index (κ2) is 8.25. The lowest BCUT2D eigenvalue weighted by atomic mass is 10.1. The van der Waals surface area contributed by atoms with Gasteiger partial charge in [0.05, 0.1) is 16.9 Å². The highest BCUT2D eigenvalue weighted by Gasteiger charge is 2.25. The van der Waals surface area contributed by atoms with Crippen LogP contribution in [0.15, 0.2) is 64.2 Å². The summed E-state index contributed by atoms with van der Waals surface area (Å²) in [6.45, 7) is 5.77. The number of hydrogen-bond donors (Lipinski definition) is 1. The lowest BCUT2D eigenvalue weighted by Crippen LogP contribution is -2.45. The van der Waals surface area contributed by atoms with Crippen LogP contribution in [0.1, 0.15) is 44.8 Å². The van der Waals surface area contributed by atoms with E-state index in [2.05, 4.69) is 5.32 Å². The average molecular weight is 379 g/mol. The van der Waals surface area contributed by atoms with Crippen molar-refractivity contribution in [2.45, 2.75) is 45.8 Å². The van der Waals surface area contributed by atoms with Crippen molar-refractivity contribution in [3.63, 3.8) is 0 Å². The first-order chi connectivity index (χ1) is 13.5. The summed E-state index contributed by atoms with van der Waals surface area (Å²) in [5.74, 6) is -0.243. The van der Waals surface area contributed by atoms with E-state index in [1.165, 1.54) is 9.13 Å². The number of fused-ring (bicyclic) bond motifs is 1. The number of nitrogens with one attached hydrogen (secondary N) is 1. The maximum Gasteiger partial charge on any atom is 0.332 e. The molecule has 0 spiro atoms. The van der Waals surface area contributed by atoms with Gasteiger partial charge in [0.25, 0.3) is 5.56 Å².